The van der Waals surface area contributed by atoms with Crippen LogP contribution < -0.4 is 0 Å². The third-order valence-corrected chi connectivity index (χ3v) is 5.93. The van der Waals surface area contributed by atoms with E-state index in [4.69, 9.17) is 0 Å². The molecule has 0 aliphatic carbocycles. The quantitative estimate of drug-likeness (QED) is 0.680. The van der Waals surface area contributed by atoms with Gasteiger partial charge in [-0.15, -0.1) is 0 Å². The number of hydrogen-bond acceptors (Lipinski definition) is 4. The van der Waals surface area contributed by atoms with Crippen LogP contribution in [0.5, 0.6) is 0 Å². The number of Topliss-reactive ketones (excluding diaryl/α,β-unsaturated/α-hetero) is 1. The Morgan fingerprint density at radius 2 is 1.42 bits per heavy atom. The second-order valence-corrected chi connectivity index (χ2v) is 8.44. The number of piperazine rings is 1. The Bertz CT molecular complexity index is 367. The molecule has 0 atom stereocenters. The van der Waals surface area contributed by atoms with Gasteiger partial charge in [-0.25, -0.2) is 0 Å². The van der Waals surface area contributed by atoms with E-state index in [9.17, 15) is 4.79 Å². The molecule has 0 aromatic heterocycles. The number of nitrogens with zero attached hydrogens (tertiary/aromatic N) is 3. The van der Waals surface area contributed by atoms with Gasteiger partial charge in [-0.05, 0) is 65.2 Å². The minimum atomic E-state index is 0.208. The SMILES string of the molecule is CC(C)C(=O)CC1CCN(CCCN2CCN(C(C)C)CC2)CC1. The lowest BCUT2D eigenvalue weighted by Gasteiger charge is -2.37. The average Bonchev–Trinajstić information content (AvgIpc) is 2.56. The van der Waals surface area contributed by atoms with Crippen LogP contribution in [-0.2, 0) is 4.79 Å². The Hall–Kier alpha value is -0.450. The Kier molecular flexibility index (Phi) is 8.18. The van der Waals surface area contributed by atoms with Crippen molar-refractivity contribution >= 4 is 5.78 Å². The van der Waals surface area contributed by atoms with Crippen molar-refractivity contribution in [2.24, 2.45) is 11.8 Å². The zero-order valence-corrected chi connectivity index (χ0v) is 16.5. The number of hydrogen-bond donors (Lipinski definition) is 0. The molecule has 0 aromatic rings. The van der Waals surface area contributed by atoms with Crippen molar-refractivity contribution in [2.75, 3.05) is 52.4 Å². The minimum absolute atomic E-state index is 0.208. The summed E-state index contributed by atoms with van der Waals surface area (Å²) >= 11 is 0. The Morgan fingerprint density at radius 1 is 0.875 bits per heavy atom. The molecule has 0 N–H and O–H groups in total. The van der Waals surface area contributed by atoms with E-state index in [1.165, 1.54) is 71.6 Å². The molecule has 2 saturated heterocycles. The van der Waals surface area contributed by atoms with Crippen molar-refractivity contribution in [1.82, 2.24) is 14.7 Å². The van der Waals surface area contributed by atoms with Crippen molar-refractivity contribution in [3.05, 3.63) is 0 Å². The molecule has 0 aromatic carbocycles. The predicted octanol–water partition coefficient (Wildman–Crippen LogP) is 2.73. The summed E-state index contributed by atoms with van der Waals surface area (Å²) in [6.07, 6.45) is 4.53. The molecule has 2 heterocycles. The summed E-state index contributed by atoms with van der Waals surface area (Å²) in [5.41, 5.74) is 0. The molecular formula is C20H39N3O. The lowest BCUT2D eigenvalue weighted by molar-refractivity contribution is -0.123. The van der Waals surface area contributed by atoms with Gasteiger partial charge in [0.25, 0.3) is 0 Å². The number of carbonyl (C=O) groups excluding carboxylic acids is 1. The summed E-state index contributed by atoms with van der Waals surface area (Å²) in [6.45, 7) is 18.4. The molecule has 24 heavy (non-hydrogen) atoms. The number of rotatable bonds is 8. The molecule has 0 spiro atoms. The van der Waals surface area contributed by atoms with Gasteiger partial charge in [-0.2, -0.15) is 0 Å². The molecule has 2 fully saturated rings. The van der Waals surface area contributed by atoms with Gasteiger partial charge in [0.05, 0.1) is 0 Å². The van der Waals surface area contributed by atoms with E-state index >= 15 is 0 Å². The van der Waals surface area contributed by atoms with Gasteiger partial charge < -0.3 is 9.80 Å². The standard InChI is InChI=1S/C20H39N3O/c1-17(2)20(24)16-19-6-10-21(11-7-19)8-5-9-22-12-14-23(15-13-22)18(3)4/h17-19H,5-16H2,1-4H3. The molecule has 0 amide bonds. The smallest absolute Gasteiger partial charge is 0.135 e. The van der Waals surface area contributed by atoms with Crippen molar-refractivity contribution in [3.8, 4) is 0 Å². The Labute approximate surface area is 149 Å². The van der Waals surface area contributed by atoms with Gasteiger partial charge in [-0.3, -0.25) is 9.69 Å². The topological polar surface area (TPSA) is 26.8 Å². The highest BCUT2D eigenvalue weighted by Crippen LogP contribution is 2.22. The fourth-order valence-electron chi connectivity index (χ4n) is 3.96. The van der Waals surface area contributed by atoms with Crippen LogP contribution in [0.25, 0.3) is 0 Å². The molecule has 0 radical (unpaired) electrons. The second kappa shape index (κ2) is 9.88. The third kappa shape index (κ3) is 6.45. The summed E-state index contributed by atoms with van der Waals surface area (Å²) in [7, 11) is 0. The van der Waals surface area contributed by atoms with E-state index in [2.05, 4.69) is 28.5 Å². The molecule has 2 aliphatic rings. The lowest BCUT2D eigenvalue weighted by atomic mass is 9.89. The van der Waals surface area contributed by atoms with Crippen LogP contribution >= 0.6 is 0 Å². The van der Waals surface area contributed by atoms with Crippen LogP contribution in [0.4, 0.5) is 0 Å². The number of piperidine rings is 1. The molecule has 4 heteroatoms. The van der Waals surface area contributed by atoms with Gasteiger partial charge in [0.15, 0.2) is 0 Å². The Balaban J connectivity index is 1.54. The third-order valence-electron chi connectivity index (χ3n) is 5.93. The highest BCUT2D eigenvalue weighted by molar-refractivity contribution is 5.80. The summed E-state index contributed by atoms with van der Waals surface area (Å²) in [4.78, 5) is 19.7. The summed E-state index contributed by atoms with van der Waals surface area (Å²) in [5, 5.41) is 0. The first-order chi connectivity index (χ1) is 11.5. The van der Waals surface area contributed by atoms with E-state index < -0.39 is 0 Å². The number of carbonyl (C=O) groups is 1. The van der Waals surface area contributed by atoms with Crippen LogP contribution in [-0.4, -0.2) is 78.9 Å². The van der Waals surface area contributed by atoms with E-state index in [0.29, 0.717) is 17.7 Å². The number of ketones is 1. The van der Waals surface area contributed by atoms with Gasteiger partial charge in [-0.1, -0.05) is 13.8 Å². The van der Waals surface area contributed by atoms with Crippen LogP contribution in [0.2, 0.25) is 0 Å². The van der Waals surface area contributed by atoms with E-state index in [0.717, 1.165) is 6.42 Å². The molecule has 0 saturated carbocycles. The maximum Gasteiger partial charge on any atom is 0.135 e. The summed E-state index contributed by atoms with van der Waals surface area (Å²) in [6, 6.07) is 0.691. The largest absolute Gasteiger partial charge is 0.303 e. The summed E-state index contributed by atoms with van der Waals surface area (Å²) < 4.78 is 0. The van der Waals surface area contributed by atoms with Crippen molar-refractivity contribution in [1.29, 1.82) is 0 Å². The van der Waals surface area contributed by atoms with Crippen LogP contribution in [0.15, 0.2) is 0 Å². The highest BCUT2D eigenvalue weighted by Gasteiger charge is 2.23. The first-order valence-electron chi connectivity index (χ1n) is 10.2. The maximum absolute atomic E-state index is 11.9. The molecule has 2 rings (SSSR count). The van der Waals surface area contributed by atoms with E-state index in [1.54, 1.807) is 0 Å². The van der Waals surface area contributed by atoms with Gasteiger partial charge in [0, 0.05) is 44.6 Å². The average molecular weight is 338 g/mol. The predicted molar refractivity (Wildman–Crippen MR) is 101 cm³/mol. The normalized spacial score (nSPS) is 22.6. The monoisotopic (exact) mass is 337 g/mol. The molecule has 2 aliphatic heterocycles. The van der Waals surface area contributed by atoms with E-state index in [-0.39, 0.29) is 5.92 Å². The van der Waals surface area contributed by atoms with Crippen LogP contribution in [0.1, 0.15) is 53.4 Å². The van der Waals surface area contributed by atoms with Crippen molar-refractivity contribution in [2.45, 2.75) is 59.4 Å². The van der Waals surface area contributed by atoms with E-state index in [1.807, 2.05) is 13.8 Å². The van der Waals surface area contributed by atoms with Crippen molar-refractivity contribution in [3.63, 3.8) is 0 Å². The fourth-order valence-corrected chi connectivity index (χ4v) is 3.96. The van der Waals surface area contributed by atoms with Gasteiger partial charge in [0.2, 0.25) is 0 Å². The highest BCUT2D eigenvalue weighted by atomic mass is 16.1. The molecule has 0 unspecified atom stereocenters. The molecule has 4 nitrogen and oxygen atoms in total. The Morgan fingerprint density at radius 3 is 1.92 bits per heavy atom. The lowest BCUT2D eigenvalue weighted by Crippen LogP contribution is -2.49. The van der Waals surface area contributed by atoms with Crippen LogP contribution in [0, 0.1) is 11.8 Å². The molecular weight excluding hydrogens is 298 g/mol. The van der Waals surface area contributed by atoms with Crippen LogP contribution in [0.3, 0.4) is 0 Å². The number of likely N-dealkylation sites (tertiary alicyclic amines) is 1. The maximum atomic E-state index is 11.9. The summed E-state index contributed by atoms with van der Waals surface area (Å²) in [5.74, 6) is 1.30. The fraction of sp³-hybridized carbons (Fsp3) is 0.950. The molecule has 140 valence electrons. The minimum Gasteiger partial charge on any atom is -0.303 e. The first-order valence-corrected chi connectivity index (χ1v) is 10.2. The first kappa shape index (κ1) is 19.9. The van der Waals surface area contributed by atoms with Gasteiger partial charge >= 0.3 is 0 Å². The zero-order chi connectivity index (χ0) is 17.5. The van der Waals surface area contributed by atoms with Crippen molar-refractivity contribution < 1.29 is 4.79 Å². The second-order valence-electron chi connectivity index (χ2n) is 8.44. The zero-order valence-electron chi connectivity index (χ0n) is 16.5. The van der Waals surface area contributed by atoms with Gasteiger partial charge in [0.1, 0.15) is 5.78 Å². The molecule has 0 bridgehead atoms.